The minimum atomic E-state index is -0.937. The summed E-state index contributed by atoms with van der Waals surface area (Å²) in [5, 5.41) is 6.06. The van der Waals surface area contributed by atoms with Gasteiger partial charge in [0.15, 0.2) is 6.10 Å². The van der Waals surface area contributed by atoms with Crippen LogP contribution in [0.4, 0.5) is 9.59 Å². The fourth-order valence-electron chi connectivity index (χ4n) is 3.08. The third-order valence-electron chi connectivity index (χ3n) is 3.71. The molecular weight excluding hydrogens is 332 g/mol. The van der Waals surface area contributed by atoms with E-state index < -0.39 is 41.5 Å². The molecule has 0 spiro atoms. The number of amides is 1. The zero-order chi connectivity index (χ0) is 18.8. The van der Waals surface area contributed by atoms with E-state index in [1.54, 1.807) is 0 Å². The summed E-state index contributed by atoms with van der Waals surface area (Å²) >= 11 is 0. The van der Waals surface area contributed by atoms with Crippen molar-refractivity contribution in [3.8, 4) is 0 Å². The van der Waals surface area contributed by atoms with E-state index in [0.717, 1.165) is 0 Å². The first-order valence-corrected chi connectivity index (χ1v) is 7.93. The third kappa shape index (κ3) is 5.27. The van der Waals surface area contributed by atoms with Gasteiger partial charge in [0, 0.05) is 16.8 Å². The summed E-state index contributed by atoms with van der Waals surface area (Å²) in [5.41, 5.74) is -0.548. The van der Waals surface area contributed by atoms with Gasteiger partial charge in [0.1, 0.15) is 13.2 Å². The highest BCUT2D eigenvalue weighted by molar-refractivity contribution is 5.84. The van der Waals surface area contributed by atoms with Gasteiger partial charge in [-0.2, -0.15) is 0 Å². The number of carbonyl (C=O) groups is 3. The van der Waals surface area contributed by atoms with Gasteiger partial charge >= 0.3 is 12.3 Å². The summed E-state index contributed by atoms with van der Waals surface area (Å²) < 4.78 is 19.1. The van der Waals surface area contributed by atoms with Crippen molar-refractivity contribution >= 4 is 18.2 Å². The van der Waals surface area contributed by atoms with E-state index in [1.807, 2.05) is 27.7 Å². The molecule has 9 nitrogen and oxygen atoms in total. The molecule has 2 rings (SSSR count). The summed E-state index contributed by atoms with van der Waals surface area (Å²) in [5.74, 6) is -0.413. The van der Waals surface area contributed by atoms with Crippen molar-refractivity contribution in [2.75, 3.05) is 13.2 Å². The van der Waals surface area contributed by atoms with Crippen molar-refractivity contribution in [3.05, 3.63) is 12.3 Å². The average molecular weight is 356 g/mol. The molecular formula is C16H24N2O7. The summed E-state index contributed by atoms with van der Waals surface area (Å²) in [6.45, 7) is 11.5. The van der Waals surface area contributed by atoms with Gasteiger partial charge in [-0.1, -0.05) is 6.58 Å². The third-order valence-corrected chi connectivity index (χ3v) is 3.71. The molecule has 0 aromatic heterocycles. The van der Waals surface area contributed by atoms with Crippen LogP contribution < -0.4 is 10.6 Å². The topological polar surface area (TPSA) is 112 Å². The zero-order valence-corrected chi connectivity index (χ0v) is 14.8. The molecule has 0 aromatic rings. The van der Waals surface area contributed by atoms with Gasteiger partial charge in [-0.15, -0.1) is 0 Å². The van der Waals surface area contributed by atoms with Gasteiger partial charge in [0.25, 0.3) is 5.91 Å². The molecule has 0 saturated carbocycles. The van der Waals surface area contributed by atoms with Crippen LogP contribution in [0.15, 0.2) is 12.3 Å². The summed E-state index contributed by atoms with van der Waals surface area (Å²) in [7, 11) is 0. The number of ether oxygens (including phenoxy) is 4. The van der Waals surface area contributed by atoms with E-state index in [4.69, 9.17) is 14.2 Å². The molecule has 2 saturated heterocycles. The molecule has 9 heteroatoms. The van der Waals surface area contributed by atoms with Crippen LogP contribution in [0, 0.1) is 0 Å². The highest BCUT2D eigenvalue weighted by Gasteiger charge is 2.37. The standard InChI is InChI=1S/C16H24N2O7/c1-9(10-6-22-13(20)24-10)17-15(2,3)8-16(4,5)18-12(19)11-7-23-14(21)25-11/h10-11,17H,1,6-8H2,2-5H3,(H,18,19). The van der Waals surface area contributed by atoms with Crippen LogP contribution in [0.1, 0.15) is 34.1 Å². The number of hydrogen-bond acceptors (Lipinski definition) is 8. The second kappa shape index (κ2) is 6.81. The first-order chi connectivity index (χ1) is 11.5. The Morgan fingerprint density at radius 2 is 1.48 bits per heavy atom. The normalized spacial score (nSPS) is 23.2. The first kappa shape index (κ1) is 18.9. The Morgan fingerprint density at radius 1 is 1.00 bits per heavy atom. The molecule has 2 fully saturated rings. The summed E-state index contributed by atoms with van der Waals surface area (Å²) in [6, 6.07) is 0. The number of hydrogen-bond donors (Lipinski definition) is 2. The molecule has 0 aliphatic carbocycles. The smallest absolute Gasteiger partial charge is 0.430 e. The molecule has 2 aliphatic rings. The van der Waals surface area contributed by atoms with Crippen LogP contribution in [-0.2, 0) is 23.7 Å². The number of carbonyl (C=O) groups excluding carboxylic acids is 3. The van der Waals surface area contributed by atoms with Gasteiger partial charge in [0.2, 0.25) is 6.10 Å². The minimum Gasteiger partial charge on any atom is -0.430 e. The van der Waals surface area contributed by atoms with Crippen LogP contribution in [0.3, 0.4) is 0 Å². The quantitative estimate of drug-likeness (QED) is 0.655. The Kier molecular flexibility index (Phi) is 5.15. The number of nitrogens with one attached hydrogen (secondary N) is 2. The van der Waals surface area contributed by atoms with Gasteiger partial charge in [-0.25, -0.2) is 9.59 Å². The van der Waals surface area contributed by atoms with Crippen molar-refractivity contribution in [1.29, 1.82) is 0 Å². The molecule has 0 radical (unpaired) electrons. The van der Waals surface area contributed by atoms with Crippen LogP contribution in [-0.4, -0.2) is 54.7 Å². The van der Waals surface area contributed by atoms with Crippen molar-refractivity contribution < 1.29 is 33.3 Å². The van der Waals surface area contributed by atoms with E-state index in [2.05, 4.69) is 21.9 Å². The Morgan fingerprint density at radius 3 is 1.96 bits per heavy atom. The second-order valence-electron chi connectivity index (χ2n) is 7.42. The van der Waals surface area contributed by atoms with Crippen LogP contribution in [0.25, 0.3) is 0 Å². The molecule has 1 amide bonds. The van der Waals surface area contributed by atoms with E-state index in [1.165, 1.54) is 0 Å². The molecule has 25 heavy (non-hydrogen) atoms. The Labute approximate surface area is 146 Å². The molecule has 2 N–H and O–H groups in total. The fraction of sp³-hybridized carbons (Fsp3) is 0.688. The minimum absolute atomic E-state index is 0.0910. The lowest BCUT2D eigenvalue weighted by atomic mass is 9.86. The maximum Gasteiger partial charge on any atom is 0.509 e. The molecule has 2 atom stereocenters. The lowest BCUT2D eigenvalue weighted by molar-refractivity contribution is -0.129. The molecule has 2 heterocycles. The Balaban J connectivity index is 1.88. The largest absolute Gasteiger partial charge is 0.509 e. The van der Waals surface area contributed by atoms with Crippen molar-refractivity contribution in [2.24, 2.45) is 0 Å². The maximum atomic E-state index is 12.2. The van der Waals surface area contributed by atoms with Gasteiger partial charge < -0.3 is 29.6 Å². The van der Waals surface area contributed by atoms with E-state index in [9.17, 15) is 14.4 Å². The highest BCUT2D eigenvalue weighted by Crippen LogP contribution is 2.23. The zero-order valence-electron chi connectivity index (χ0n) is 14.8. The van der Waals surface area contributed by atoms with E-state index >= 15 is 0 Å². The van der Waals surface area contributed by atoms with E-state index in [-0.39, 0.29) is 13.2 Å². The molecule has 0 bridgehead atoms. The Bertz CT molecular complexity index is 535. The highest BCUT2D eigenvalue weighted by atomic mass is 16.8. The predicted octanol–water partition coefficient (Wildman–Crippen LogP) is 1.22. The summed E-state index contributed by atoms with van der Waals surface area (Å²) in [4.78, 5) is 34.1. The lowest BCUT2D eigenvalue weighted by Gasteiger charge is -2.38. The van der Waals surface area contributed by atoms with E-state index in [0.29, 0.717) is 12.1 Å². The van der Waals surface area contributed by atoms with Gasteiger partial charge in [0.05, 0.1) is 0 Å². The summed E-state index contributed by atoms with van der Waals surface area (Å²) in [6.07, 6.45) is -2.52. The van der Waals surface area contributed by atoms with Crippen LogP contribution >= 0.6 is 0 Å². The van der Waals surface area contributed by atoms with Crippen molar-refractivity contribution in [1.82, 2.24) is 10.6 Å². The van der Waals surface area contributed by atoms with Crippen LogP contribution in [0.5, 0.6) is 0 Å². The van der Waals surface area contributed by atoms with Gasteiger partial charge in [-0.05, 0) is 34.1 Å². The van der Waals surface area contributed by atoms with Crippen molar-refractivity contribution in [3.63, 3.8) is 0 Å². The van der Waals surface area contributed by atoms with Crippen LogP contribution in [0.2, 0.25) is 0 Å². The molecule has 2 aliphatic heterocycles. The average Bonchev–Trinajstić information content (AvgIpc) is 3.04. The SMILES string of the molecule is C=C(NC(C)(C)CC(C)(C)NC(=O)C1COC(=O)O1)C1COC(=O)O1. The second-order valence-corrected chi connectivity index (χ2v) is 7.42. The molecule has 140 valence electrons. The maximum absolute atomic E-state index is 12.2. The number of rotatable bonds is 7. The molecule has 0 aromatic carbocycles. The first-order valence-electron chi connectivity index (χ1n) is 7.93. The van der Waals surface area contributed by atoms with Gasteiger partial charge in [-0.3, -0.25) is 4.79 Å². The monoisotopic (exact) mass is 356 g/mol. The lowest BCUT2D eigenvalue weighted by Crippen LogP contribution is -2.54. The van der Waals surface area contributed by atoms with Crippen molar-refractivity contribution in [2.45, 2.75) is 57.4 Å². The fourth-order valence-corrected chi connectivity index (χ4v) is 3.08. The number of cyclic esters (lactones) is 4. The molecule has 2 unspecified atom stereocenters. The Hall–Kier alpha value is -2.45. The predicted molar refractivity (Wildman–Crippen MR) is 85.6 cm³/mol.